The lowest BCUT2D eigenvalue weighted by Gasteiger charge is -2.04. The molecule has 0 radical (unpaired) electrons. The van der Waals surface area contributed by atoms with Gasteiger partial charge in [0.25, 0.3) is 5.91 Å². The van der Waals surface area contributed by atoms with E-state index in [-0.39, 0.29) is 24.2 Å². The van der Waals surface area contributed by atoms with Crippen LogP contribution in [0.2, 0.25) is 0 Å². The quantitative estimate of drug-likeness (QED) is 0.790. The predicted molar refractivity (Wildman–Crippen MR) is 85.6 cm³/mol. The maximum absolute atomic E-state index is 13.0. The normalized spacial score (nSPS) is 12.2. The molecule has 1 aliphatic heterocycles. The van der Waals surface area contributed by atoms with Gasteiger partial charge >= 0.3 is 0 Å². The molecular formula is C18H13FN2O4. The maximum atomic E-state index is 13.0. The van der Waals surface area contributed by atoms with Gasteiger partial charge in [-0.1, -0.05) is 11.2 Å². The number of carbonyl (C=O) groups excluding carboxylic acids is 1. The lowest BCUT2D eigenvalue weighted by Crippen LogP contribution is -2.22. The van der Waals surface area contributed by atoms with Gasteiger partial charge in [0, 0.05) is 18.2 Å². The van der Waals surface area contributed by atoms with Crippen molar-refractivity contribution >= 4 is 5.91 Å². The van der Waals surface area contributed by atoms with Gasteiger partial charge in [-0.2, -0.15) is 0 Å². The van der Waals surface area contributed by atoms with Crippen molar-refractivity contribution in [2.24, 2.45) is 0 Å². The van der Waals surface area contributed by atoms with Crippen LogP contribution in [0.3, 0.4) is 0 Å². The predicted octanol–water partition coefficient (Wildman–Crippen LogP) is 3.14. The zero-order chi connectivity index (χ0) is 17.2. The fourth-order valence-electron chi connectivity index (χ4n) is 2.46. The van der Waals surface area contributed by atoms with Crippen molar-refractivity contribution in [2.75, 3.05) is 6.79 Å². The van der Waals surface area contributed by atoms with Crippen LogP contribution >= 0.6 is 0 Å². The van der Waals surface area contributed by atoms with Crippen LogP contribution in [0.4, 0.5) is 4.39 Å². The molecule has 0 aliphatic carbocycles. The molecule has 4 rings (SSSR count). The summed E-state index contributed by atoms with van der Waals surface area (Å²) in [6.07, 6.45) is 0. The number of fused-ring (bicyclic) bond motifs is 1. The monoisotopic (exact) mass is 340 g/mol. The Morgan fingerprint density at radius 2 is 1.88 bits per heavy atom. The van der Waals surface area contributed by atoms with Crippen molar-refractivity contribution in [3.8, 4) is 22.8 Å². The second-order valence-corrected chi connectivity index (χ2v) is 5.45. The number of benzene rings is 2. The van der Waals surface area contributed by atoms with E-state index in [0.29, 0.717) is 29.4 Å². The molecule has 2 aromatic carbocycles. The molecule has 0 saturated carbocycles. The molecule has 0 unspecified atom stereocenters. The Labute approximate surface area is 142 Å². The Kier molecular flexibility index (Phi) is 3.81. The molecule has 0 fully saturated rings. The molecule has 1 aliphatic rings. The van der Waals surface area contributed by atoms with Crippen molar-refractivity contribution in [1.29, 1.82) is 0 Å². The number of hydrogen-bond donors (Lipinski definition) is 1. The molecule has 2 heterocycles. The summed E-state index contributed by atoms with van der Waals surface area (Å²) in [5.74, 6) is 1.04. The second-order valence-electron chi connectivity index (χ2n) is 5.45. The number of amides is 1. The summed E-state index contributed by atoms with van der Waals surface area (Å²) in [6, 6.07) is 12.7. The van der Waals surface area contributed by atoms with Gasteiger partial charge in [0.05, 0.1) is 0 Å². The summed E-state index contributed by atoms with van der Waals surface area (Å²) >= 11 is 0. The second kappa shape index (κ2) is 6.27. The van der Waals surface area contributed by atoms with Crippen LogP contribution in [0.25, 0.3) is 11.3 Å². The minimum absolute atomic E-state index is 0.153. The average molecular weight is 340 g/mol. The van der Waals surface area contributed by atoms with E-state index in [4.69, 9.17) is 14.0 Å². The lowest BCUT2D eigenvalue weighted by atomic mass is 10.1. The van der Waals surface area contributed by atoms with Crippen LogP contribution in [-0.2, 0) is 6.54 Å². The molecule has 25 heavy (non-hydrogen) atoms. The molecule has 7 heteroatoms. The van der Waals surface area contributed by atoms with Gasteiger partial charge in [-0.15, -0.1) is 0 Å². The van der Waals surface area contributed by atoms with Crippen LogP contribution in [0.1, 0.15) is 16.1 Å². The number of nitrogens with zero attached hydrogens (tertiary/aromatic N) is 1. The van der Waals surface area contributed by atoms with Crippen LogP contribution in [0.5, 0.6) is 11.5 Å². The smallest absolute Gasteiger partial charge is 0.273 e. The first-order valence-corrected chi connectivity index (χ1v) is 7.58. The third-order valence-corrected chi connectivity index (χ3v) is 3.76. The minimum Gasteiger partial charge on any atom is -0.454 e. The number of halogens is 1. The van der Waals surface area contributed by atoms with Crippen LogP contribution in [0, 0.1) is 5.82 Å². The first-order chi connectivity index (χ1) is 12.2. The third-order valence-electron chi connectivity index (χ3n) is 3.76. The van der Waals surface area contributed by atoms with Crippen LogP contribution in [-0.4, -0.2) is 17.9 Å². The van der Waals surface area contributed by atoms with Gasteiger partial charge in [0.1, 0.15) is 5.82 Å². The summed E-state index contributed by atoms with van der Waals surface area (Å²) < 4.78 is 28.7. The lowest BCUT2D eigenvalue weighted by molar-refractivity contribution is 0.0942. The van der Waals surface area contributed by atoms with Gasteiger partial charge in [-0.25, -0.2) is 4.39 Å². The SMILES string of the molecule is O=C(NCc1ccc2c(c1)OCO2)c1cc(-c2ccc(F)cc2)on1. The molecule has 0 bridgehead atoms. The highest BCUT2D eigenvalue weighted by Crippen LogP contribution is 2.32. The number of nitrogens with one attached hydrogen (secondary N) is 1. The van der Waals surface area contributed by atoms with Crippen molar-refractivity contribution in [3.63, 3.8) is 0 Å². The number of carbonyl (C=O) groups is 1. The number of aromatic nitrogens is 1. The first kappa shape index (κ1) is 15.2. The summed E-state index contributed by atoms with van der Waals surface area (Å²) in [5, 5.41) is 6.52. The summed E-state index contributed by atoms with van der Waals surface area (Å²) in [6.45, 7) is 0.518. The maximum Gasteiger partial charge on any atom is 0.273 e. The molecule has 0 atom stereocenters. The summed E-state index contributed by atoms with van der Waals surface area (Å²) in [7, 11) is 0. The number of hydrogen-bond acceptors (Lipinski definition) is 5. The van der Waals surface area contributed by atoms with Crippen molar-refractivity contribution in [3.05, 3.63) is 65.6 Å². The highest BCUT2D eigenvalue weighted by molar-refractivity contribution is 5.93. The summed E-state index contributed by atoms with van der Waals surface area (Å²) in [5.41, 5.74) is 1.67. The number of ether oxygens (including phenoxy) is 2. The summed E-state index contributed by atoms with van der Waals surface area (Å²) in [4.78, 5) is 12.2. The van der Waals surface area contributed by atoms with Gasteiger partial charge in [-0.05, 0) is 42.0 Å². The first-order valence-electron chi connectivity index (χ1n) is 7.58. The topological polar surface area (TPSA) is 73.6 Å². The fraction of sp³-hybridized carbons (Fsp3) is 0.111. The molecule has 3 aromatic rings. The number of rotatable bonds is 4. The highest BCUT2D eigenvalue weighted by atomic mass is 19.1. The van der Waals surface area contributed by atoms with Gasteiger partial charge < -0.3 is 19.3 Å². The van der Waals surface area contributed by atoms with E-state index in [2.05, 4.69) is 10.5 Å². The molecular weight excluding hydrogens is 327 g/mol. The van der Waals surface area contributed by atoms with E-state index in [0.717, 1.165) is 5.56 Å². The minimum atomic E-state index is -0.366. The van der Waals surface area contributed by atoms with E-state index in [1.165, 1.54) is 18.2 Å². The van der Waals surface area contributed by atoms with Gasteiger partial charge in [-0.3, -0.25) is 4.79 Å². The van der Waals surface area contributed by atoms with E-state index in [9.17, 15) is 9.18 Å². The van der Waals surface area contributed by atoms with E-state index in [1.807, 2.05) is 12.1 Å². The molecule has 6 nitrogen and oxygen atoms in total. The zero-order valence-electron chi connectivity index (χ0n) is 13.0. The molecule has 1 aromatic heterocycles. The Morgan fingerprint density at radius 1 is 1.08 bits per heavy atom. The Bertz CT molecular complexity index is 921. The van der Waals surface area contributed by atoms with E-state index >= 15 is 0 Å². The molecule has 1 amide bonds. The zero-order valence-corrected chi connectivity index (χ0v) is 13.0. The van der Waals surface area contributed by atoms with Gasteiger partial charge in [0.15, 0.2) is 23.0 Å². The molecule has 0 saturated heterocycles. The Balaban J connectivity index is 1.42. The fourth-order valence-corrected chi connectivity index (χ4v) is 2.46. The standard InChI is InChI=1S/C18H13FN2O4/c19-13-4-2-12(3-5-13)16-8-14(21-25-16)18(22)20-9-11-1-6-15-17(7-11)24-10-23-15/h1-8H,9-10H2,(H,20,22). The van der Waals surface area contributed by atoms with Crippen LogP contribution in [0.15, 0.2) is 53.1 Å². The van der Waals surface area contributed by atoms with Crippen molar-refractivity contribution in [2.45, 2.75) is 6.54 Å². The largest absolute Gasteiger partial charge is 0.454 e. The Hall–Kier alpha value is -3.35. The third kappa shape index (κ3) is 3.16. The average Bonchev–Trinajstić information content (AvgIpc) is 3.29. The Morgan fingerprint density at radius 3 is 2.72 bits per heavy atom. The van der Waals surface area contributed by atoms with Gasteiger partial charge in [0.2, 0.25) is 6.79 Å². The molecule has 1 N–H and O–H groups in total. The van der Waals surface area contributed by atoms with Crippen LogP contribution < -0.4 is 14.8 Å². The molecule has 126 valence electrons. The van der Waals surface area contributed by atoms with E-state index in [1.54, 1.807) is 18.2 Å². The van der Waals surface area contributed by atoms with Crippen molar-refractivity contribution in [1.82, 2.24) is 10.5 Å². The van der Waals surface area contributed by atoms with E-state index < -0.39 is 0 Å². The van der Waals surface area contributed by atoms with Crippen molar-refractivity contribution < 1.29 is 23.2 Å². The highest BCUT2D eigenvalue weighted by Gasteiger charge is 2.16. The molecule has 0 spiro atoms.